The highest BCUT2D eigenvalue weighted by Crippen LogP contribution is 2.20. The summed E-state index contributed by atoms with van der Waals surface area (Å²) < 4.78 is 27.6. The predicted molar refractivity (Wildman–Crippen MR) is 108 cm³/mol. The maximum absolute atomic E-state index is 12.6. The van der Waals surface area contributed by atoms with Gasteiger partial charge in [0.25, 0.3) is 0 Å². The molecule has 1 atom stereocenters. The summed E-state index contributed by atoms with van der Waals surface area (Å²) in [7, 11) is -3.79. The molecule has 2 N–H and O–H groups in total. The van der Waals surface area contributed by atoms with Crippen LogP contribution in [0, 0.1) is 6.92 Å². The number of amides is 1. The van der Waals surface area contributed by atoms with Gasteiger partial charge in [0.2, 0.25) is 15.9 Å². The highest BCUT2D eigenvalue weighted by Gasteiger charge is 2.25. The molecule has 2 aromatic rings. The average molecular weight is 413 g/mol. The van der Waals surface area contributed by atoms with Crippen LogP contribution in [0.2, 0.25) is 5.02 Å². The van der Waals surface area contributed by atoms with Gasteiger partial charge in [0.15, 0.2) is 0 Å². The second kappa shape index (κ2) is 9.41. The summed E-state index contributed by atoms with van der Waals surface area (Å²) in [4.78, 5) is 12.8. The van der Waals surface area contributed by atoms with Gasteiger partial charge in [0.1, 0.15) is 6.04 Å². The van der Waals surface area contributed by atoms with Crippen molar-refractivity contribution in [3.05, 3.63) is 59.1 Å². The standard InChI is InChI=1S/C18H21ClN2O3S2/c1-13-8-9-14(12-16(13)19)20-18(22)17(10-11-25-2)21-26(23,24)15-6-4-3-5-7-15/h3-9,12,17,21H,10-11H2,1-2H3,(H,20,22). The van der Waals surface area contributed by atoms with Gasteiger partial charge in [-0.2, -0.15) is 16.5 Å². The second-order valence-electron chi connectivity index (χ2n) is 5.72. The second-order valence-corrected chi connectivity index (χ2v) is 8.83. The van der Waals surface area contributed by atoms with Crippen LogP contribution < -0.4 is 10.0 Å². The van der Waals surface area contributed by atoms with Crippen molar-refractivity contribution >= 4 is 45.0 Å². The molecule has 0 heterocycles. The molecule has 0 bridgehead atoms. The van der Waals surface area contributed by atoms with Crippen molar-refractivity contribution < 1.29 is 13.2 Å². The summed E-state index contributed by atoms with van der Waals surface area (Å²) in [5, 5.41) is 3.27. The number of halogens is 1. The fraction of sp³-hybridized carbons (Fsp3) is 0.278. The number of thioether (sulfide) groups is 1. The third-order valence-corrected chi connectivity index (χ3v) is 6.26. The first-order valence-corrected chi connectivity index (χ1v) is 11.2. The highest BCUT2D eigenvalue weighted by molar-refractivity contribution is 7.98. The van der Waals surface area contributed by atoms with Crippen LogP contribution in [0.1, 0.15) is 12.0 Å². The van der Waals surface area contributed by atoms with Crippen LogP contribution in [0.5, 0.6) is 0 Å². The first kappa shape index (κ1) is 20.8. The first-order valence-electron chi connectivity index (χ1n) is 7.97. The van der Waals surface area contributed by atoms with Gasteiger partial charge in [-0.1, -0.05) is 35.9 Å². The molecule has 0 aliphatic heterocycles. The van der Waals surface area contributed by atoms with Crippen LogP contribution in [0.25, 0.3) is 0 Å². The number of nitrogens with one attached hydrogen (secondary N) is 2. The Bertz CT molecular complexity index is 858. The lowest BCUT2D eigenvalue weighted by molar-refractivity contribution is -0.117. The minimum atomic E-state index is -3.79. The summed E-state index contributed by atoms with van der Waals surface area (Å²) in [6.07, 6.45) is 2.28. The van der Waals surface area contributed by atoms with Crippen molar-refractivity contribution in [2.75, 3.05) is 17.3 Å². The lowest BCUT2D eigenvalue weighted by Gasteiger charge is -2.18. The molecule has 0 aliphatic carbocycles. The molecule has 0 aromatic heterocycles. The van der Waals surface area contributed by atoms with Gasteiger partial charge in [0, 0.05) is 10.7 Å². The zero-order valence-electron chi connectivity index (χ0n) is 14.5. The van der Waals surface area contributed by atoms with E-state index in [0.717, 1.165) is 5.56 Å². The molecule has 26 heavy (non-hydrogen) atoms. The lowest BCUT2D eigenvalue weighted by atomic mass is 10.2. The smallest absolute Gasteiger partial charge is 0.242 e. The van der Waals surface area contributed by atoms with Gasteiger partial charge in [-0.3, -0.25) is 4.79 Å². The Hall–Kier alpha value is -1.54. The van der Waals surface area contributed by atoms with E-state index >= 15 is 0 Å². The van der Waals surface area contributed by atoms with Crippen LogP contribution in [-0.4, -0.2) is 32.4 Å². The topological polar surface area (TPSA) is 75.3 Å². The van der Waals surface area contributed by atoms with Crippen LogP contribution in [0.4, 0.5) is 5.69 Å². The summed E-state index contributed by atoms with van der Waals surface area (Å²) in [5.74, 6) is 0.225. The monoisotopic (exact) mass is 412 g/mol. The molecule has 8 heteroatoms. The van der Waals surface area contributed by atoms with Gasteiger partial charge in [-0.25, -0.2) is 8.42 Å². The first-order chi connectivity index (χ1) is 12.3. The van der Waals surface area contributed by atoms with Crippen molar-refractivity contribution in [3.63, 3.8) is 0 Å². The number of carbonyl (C=O) groups is 1. The highest BCUT2D eigenvalue weighted by atomic mass is 35.5. The third-order valence-electron chi connectivity index (χ3n) is 3.72. The van der Waals surface area contributed by atoms with Crippen molar-refractivity contribution in [1.82, 2.24) is 4.72 Å². The molecule has 1 unspecified atom stereocenters. The van der Waals surface area contributed by atoms with E-state index < -0.39 is 22.0 Å². The maximum Gasteiger partial charge on any atom is 0.242 e. The summed E-state index contributed by atoms with van der Waals surface area (Å²) in [5.41, 5.74) is 1.42. The van der Waals surface area contributed by atoms with E-state index in [0.29, 0.717) is 22.9 Å². The van der Waals surface area contributed by atoms with Gasteiger partial charge in [-0.15, -0.1) is 0 Å². The van der Waals surface area contributed by atoms with E-state index in [1.54, 1.807) is 48.2 Å². The molecule has 0 fully saturated rings. The van der Waals surface area contributed by atoms with Crippen LogP contribution >= 0.6 is 23.4 Å². The number of anilines is 1. The third kappa shape index (κ3) is 5.74. The van der Waals surface area contributed by atoms with E-state index in [2.05, 4.69) is 10.0 Å². The summed E-state index contributed by atoms with van der Waals surface area (Å²) in [6, 6.07) is 12.3. The van der Waals surface area contributed by atoms with E-state index in [1.807, 2.05) is 13.2 Å². The van der Waals surface area contributed by atoms with Gasteiger partial charge in [-0.05, 0) is 55.2 Å². The van der Waals surface area contributed by atoms with Crippen molar-refractivity contribution in [3.8, 4) is 0 Å². The SMILES string of the molecule is CSCCC(NS(=O)(=O)c1ccccc1)C(=O)Nc1ccc(C)c(Cl)c1. The molecule has 140 valence electrons. The van der Waals surface area contributed by atoms with Crippen molar-refractivity contribution in [2.24, 2.45) is 0 Å². The van der Waals surface area contributed by atoms with E-state index in [9.17, 15) is 13.2 Å². The quantitative estimate of drug-likeness (QED) is 0.693. The predicted octanol–water partition coefficient (Wildman–Crippen LogP) is 3.69. The Morgan fingerprint density at radius 2 is 1.88 bits per heavy atom. The number of benzene rings is 2. The molecule has 0 radical (unpaired) electrons. The summed E-state index contributed by atoms with van der Waals surface area (Å²) >= 11 is 7.62. The number of carbonyl (C=O) groups excluding carboxylic acids is 1. The Morgan fingerprint density at radius 1 is 1.19 bits per heavy atom. The minimum absolute atomic E-state index is 0.125. The molecule has 5 nitrogen and oxygen atoms in total. The molecule has 2 aromatic carbocycles. The van der Waals surface area contributed by atoms with Gasteiger partial charge in [0.05, 0.1) is 4.90 Å². The lowest BCUT2D eigenvalue weighted by Crippen LogP contribution is -2.44. The molecule has 2 rings (SSSR count). The average Bonchev–Trinajstić information content (AvgIpc) is 2.62. The van der Waals surface area contributed by atoms with Crippen LogP contribution in [-0.2, 0) is 14.8 Å². The fourth-order valence-corrected chi connectivity index (χ4v) is 4.14. The number of hydrogen-bond acceptors (Lipinski definition) is 4. The molecule has 0 aliphatic rings. The van der Waals surface area contributed by atoms with E-state index in [-0.39, 0.29) is 4.90 Å². The number of hydrogen-bond donors (Lipinski definition) is 2. The fourth-order valence-electron chi connectivity index (χ4n) is 2.23. The van der Waals surface area contributed by atoms with Gasteiger partial charge >= 0.3 is 0 Å². The largest absolute Gasteiger partial charge is 0.325 e. The Labute approximate surface area is 163 Å². The Kier molecular flexibility index (Phi) is 7.52. The van der Waals surface area contributed by atoms with Gasteiger partial charge < -0.3 is 5.32 Å². The van der Waals surface area contributed by atoms with E-state index in [4.69, 9.17) is 11.6 Å². The molecule has 1 amide bonds. The molecule has 0 spiro atoms. The Morgan fingerprint density at radius 3 is 2.50 bits per heavy atom. The normalized spacial score (nSPS) is 12.6. The Balaban J connectivity index is 2.17. The number of sulfonamides is 1. The molecular formula is C18H21ClN2O3S2. The van der Waals surface area contributed by atoms with Crippen LogP contribution in [0.15, 0.2) is 53.4 Å². The molecule has 0 saturated carbocycles. The molecule has 0 saturated heterocycles. The maximum atomic E-state index is 12.6. The minimum Gasteiger partial charge on any atom is -0.325 e. The summed E-state index contributed by atoms with van der Waals surface area (Å²) in [6.45, 7) is 1.86. The molecular weight excluding hydrogens is 392 g/mol. The zero-order chi connectivity index (χ0) is 19.2. The van der Waals surface area contributed by atoms with Crippen molar-refractivity contribution in [1.29, 1.82) is 0 Å². The number of aryl methyl sites for hydroxylation is 1. The van der Waals surface area contributed by atoms with Crippen molar-refractivity contribution in [2.45, 2.75) is 24.3 Å². The number of rotatable bonds is 8. The zero-order valence-corrected chi connectivity index (χ0v) is 16.9. The van der Waals surface area contributed by atoms with E-state index in [1.165, 1.54) is 12.1 Å². The van der Waals surface area contributed by atoms with Crippen LogP contribution in [0.3, 0.4) is 0 Å².